The summed E-state index contributed by atoms with van der Waals surface area (Å²) in [6, 6.07) is 8.40. The van der Waals surface area contributed by atoms with Gasteiger partial charge < -0.3 is 20.2 Å². The number of rotatable bonds is 6. The zero-order valence-electron chi connectivity index (χ0n) is 17.3. The van der Waals surface area contributed by atoms with E-state index < -0.39 is 23.3 Å². The van der Waals surface area contributed by atoms with Crippen molar-refractivity contribution in [3.05, 3.63) is 59.2 Å². The maximum Gasteiger partial charge on any atom is 1.00 e. The summed E-state index contributed by atoms with van der Waals surface area (Å²) < 4.78 is 0. The Kier molecular flexibility index (Phi) is 7.10. The van der Waals surface area contributed by atoms with Crippen LogP contribution >= 0.6 is 23.5 Å². The molecule has 33 heavy (non-hydrogen) atoms. The molecule has 10 nitrogen and oxygen atoms in total. The van der Waals surface area contributed by atoms with Gasteiger partial charge in [0.25, 0.3) is 5.91 Å². The van der Waals surface area contributed by atoms with E-state index in [2.05, 4.69) is 25.3 Å². The number of nitrogens with zero attached hydrogens (tertiary/aromatic N) is 4. The molecule has 1 saturated heterocycles. The molecule has 0 saturated carbocycles. The van der Waals surface area contributed by atoms with Crippen LogP contribution in [-0.4, -0.2) is 59.8 Å². The number of carboxylic acids is 1. The second-order valence-corrected chi connectivity index (χ2v) is 9.25. The minimum atomic E-state index is -1.45. The third-order valence-corrected chi connectivity index (χ3v) is 7.61. The van der Waals surface area contributed by atoms with E-state index in [1.165, 1.54) is 29.3 Å². The molecule has 5 rings (SSSR count). The molecule has 2 atom stereocenters. The van der Waals surface area contributed by atoms with E-state index in [9.17, 15) is 19.5 Å². The molecule has 3 aromatic rings. The Labute approximate surface area is 218 Å². The SMILES string of the molecule is O=C(Cc1ccccc1)NC1C(=O)N2C(C(=O)[O-])=C(Sc3ncnc4nc[nH]c34)CS[C@H]12.[Na+]. The van der Waals surface area contributed by atoms with Gasteiger partial charge >= 0.3 is 29.6 Å². The first-order chi connectivity index (χ1) is 15.5. The van der Waals surface area contributed by atoms with Gasteiger partial charge in [0.15, 0.2) is 5.65 Å². The van der Waals surface area contributed by atoms with Crippen LogP contribution in [0.1, 0.15) is 5.56 Å². The molecular weight excluding hydrogens is 475 g/mol. The summed E-state index contributed by atoms with van der Waals surface area (Å²) in [6.07, 6.45) is 2.96. The van der Waals surface area contributed by atoms with Gasteiger partial charge in [-0.05, 0) is 5.56 Å². The van der Waals surface area contributed by atoms with Gasteiger partial charge in [-0.25, -0.2) is 15.0 Å². The zero-order valence-corrected chi connectivity index (χ0v) is 21.0. The van der Waals surface area contributed by atoms with E-state index in [0.29, 0.717) is 26.8 Å². The average molecular weight is 491 g/mol. The molecule has 0 spiro atoms. The van der Waals surface area contributed by atoms with Gasteiger partial charge in [0, 0.05) is 10.7 Å². The fourth-order valence-electron chi connectivity index (χ4n) is 3.60. The van der Waals surface area contributed by atoms with Crippen LogP contribution in [0.15, 0.2) is 58.6 Å². The summed E-state index contributed by atoms with van der Waals surface area (Å²) in [5.41, 5.74) is 1.67. The first-order valence-corrected chi connectivity index (χ1v) is 11.4. The number of hydrogen-bond donors (Lipinski definition) is 2. The normalized spacial score (nSPS) is 19.5. The standard InChI is InChI=1S/C20H16N6O4S2.Na/c27-12(6-10-4-2-1-3-5-10)25-14-18(28)26-15(20(29)30)11(7-31-19(14)26)32-17-13-16(22-8-21-13)23-9-24-17;/h1-5,8-9,14,19H,6-7H2,(H,25,27)(H,29,30)(H,21,22,23,24);/q;+1/p-1/t14?,19-;/m1./s1. The van der Waals surface area contributed by atoms with Gasteiger partial charge in [-0.2, -0.15) is 0 Å². The third-order valence-electron chi connectivity index (χ3n) is 5.06. The van der Waals surface area contributed by atoms with Crippen molar-refractivity contribution in [1.82, 2.24) is 30.2 Å². The first-order valence-electron chi connectivity index (χ1n) is 9.57. The molecule has 1 fully saturated rings. The number of amides is 2. The molecule has 1 aromatic carbocycles. The van der Waals surface area contributed by atoms with Gasteiger partial charge in [0.2, 0.25) is 5.91 Å². The molecule has 2 amide bonds. The maximum absolute atomic E-state index is 12.8. The van der Waals surface area contributed by atoms with Crippen molar-refractivity contribution >= 4 is 52.5 Å². The van der Waals surface area contributed by atoms with Crippen LogP contribution in [0.4, 0.5) is 0 Å². The minimum Gasteiger partial charge on any atom is -0.543 e. The van der Waals surface area contributed by atoms with Crippen LogP contribution in [0.3, 0.4) is 0 Å². The van der Waals surface area contributed by atoms with Crippen LogP contribution in [0.2, 0.25) is 0 Å². The molecule has 0 radical (unpaired) electrons. The number of aromatic amines is 1. The molecule has 1 unspecified atom stereocenters. The largest absolute Gasteiger partial charge is 1.00 e. The molecule has 2 aliphatic heterocycles. The number of H-pyrrole nitrogens is 1. The van der Waals surface area contributed by atoms with E-state index in [1.807, 2.05) is 30.3 Å². The average Bonchev–Trinajstić information content (AvgIpc) is 3.27. The van der Waals surface area contributed by atoms with Gasteiger partial charge in [0.05, 0.1) is 24.4 Å². The number of imidazole rings is 1. The monoisotopic (exact) mass is 490 g/mol. The van der Waals surface area contributed by atoms with E-state index in [-0.39, 0.29) is 47.6 Å². The van der Waals surface area contributed by atoms with E-state index >= 15 is 0 Å². The Morgan fingerprint density at radius 3 is 2.79 bits per heavy atom. The summed E-state index contributed by atoms with van der Waals surface area (Å²) in [5, 5.41) is 14.7. The molecule has 0 bridgehead atoms. The summed E-state index contributed by atoms with van der Waals surface area (Å²) in [7, 11) is 0. The molecule has 13 heteroatoms. The quantitative estimate of drug-likeness (QED) is 0.211. The number of carboxylic acid groups (broad SMARTS) is 1. The number of benzene rings is 1. The smallest absolute Gasteiger partial charge is 0.543 e. The van der Waals surface area contributed by atoms with Crippen molar-refractivity contribution in [2.24, 2.45) is 0 Å². The predicted molar refractivity (Wildman–Crippen MR) is 115 cm³/mol. The second-order valence-electron chi connectivity index (χ2n) is 7.06. The number of aliphatic carboxylic acids is 1. The molecule has 162 valence electrons. The Bertz CT molecular complexity index is 1270. The van der Waals surface area contributed by atoms with Crippen molar-refractivity contribution in [3.8, 4) is 0 Å². The first kappa shape index (κ1) is 23.8. The van der Waals surface area contributed by atoms with Crippen molar-refractivity contribution in [2.75, 3.05) is 5.75 Å². The number of nitrogens with one attached hydrogen (secondary N) is 2. The Morgan fingerprint density at radius 2 is 2.03 bits per heavy atom. The molecule has 0 aliphatic carbocycles. The molecular formula is C20H15N6NaO4S2. The maximum atomic E-state index is 12.8. The van der Waals surface area contributed by atoms with E-state index in [4.69, 9.17) is 0 Å². The number of aromatic nitrogens is 4. The minimum absolute atomic E-state index is 0. The van der Waals surface area contributed by atoms with Crippen LogP contribution in [0, 0.1) is 0 Å². The van der Waals surface area contributed by atoms with Crippen molar-refractivity contribution in [2.45, 2.75) is 22.9 Å². The number of carbonyl (C=O) groups excluding carboxylic acids is 3. The molecule has 2 aromatic heterocycles. The van der Waals surface area contributed by atoms with Crippen molar-refractivity contribution < 1.29 is 49.0 Å². The van der Waals surface area contributed by atoms with Crippen molar-refractivity contribution in [3.63, 3.8) is 0 Å². The van der Waals surface area contributed by atoms with Crippen LogP contribution in [0.5, 0.6) is 0 Å². The Morgan fingerprint density at radius 1 is 1.24 bits per heavy atom. The van der Waals surface area contributed by atoms with E-state index in [0.717, 1.165) is 17.3 Å². The van der Waals surface area contributed by atoms with Gasteiger partial charge in [0.1, 0.15) is 28.3 Å². The number of β-lactam (4-membered cyclic amide) rings is 1. The Balaban J connectivity index is 0.00000259. The predicted octanol–water partition coefficient (Wildman–Crippen LogP) is -2.95. The number of thioether (sulfide) groups is 2. The number of carbonyl (C=O) groups is 3. The zero-order chi connectivity index (χ0) is 22.2. The summed E-state index contributed by atoms with van der Waals surface area (Å²) in [6.45, 7) is 0. The molecule has 2 aliphatic rings. The summed E-state index contributed by atoms with van der Waals surface area (Å²) >= 11 is 2.51. The van der Waals surface area contributed by atoms with Crippen LogP contribution in [-0.2, 0) is 20.8 Å². The Hall–Kier alpha value is -2.38. The van der Waals surface area contributed by atoms with Crippen molar-refractivity contribution in [1.29, 1.82) is 0 Å². The molecule has 2 N–H and O–H groups in total. The van der Waals surface area contributed by atoms with Gasteiger partial charge in [-0.15, -0.1) is 11.8 Å². The molecule has 4 heterocycles. The van der Waals surface area contributed by atoms with Gasteiger partial charge in [-0.1, -0.05) is 42.1 Å². The fraction of sp³-hybridized carbons (Fsp3) is 0.200. The second kappa shape index (κ2) is 9.85. The number of fused-ring (bicyclic) bond motifs is 2. The summed E-state index contributed by atoms with van der Waals surface area (Å²) in [4.78, 5) is 54.0. The van der Waals surface area contributed by atoms with E-state index in [1.54, 1.807) is 0 Å². The summed E-state index contributed by atoms with van der Waals surface area (Å²) in [5.74, 6) is -1.89. The number of hydrogen-bond acceptors (Lipinski definition) is 9. The van der Waals surface area contributed by atoms with Crippen LogP contribution in [0.25, 0.3) is 11.2 Å². The third kappa shape index (κ3) is 4.53. The topological polar surface area (TPSA) is 144 Å². The van der Waals surface area contributed by atoms with Gasteiger partial charge in [-0.3, -0.25) is 14.5 Å². The fourth-order valence-corrected chi connectivity index (χ4v) is 6.10. The van der Waals surface area contributed by atoms with Crippen LogP contribution < -0.4 is 40.0 Å².